The molecule has 158 valence electrons. The largest absolute Gasteiger partial charge is 0.467 e. The van der Waals surface area contributed by atoms with Crippen molar-refractivity contribution in [3.05, 3.63) is 81.9 Å². The van der Waals surface area contributed by atoms with Crippen molar-refractivity contribution in [2.45, 2.75) is 45.7 Å². The fourth-order valence-corrected chi connectivity index (χ4v) is 3.80. The van der Waals surface area contributed by atoms with Gasteiger partial charge in [0.1, 0.15) is 5.76 Å². The minimum atomic E-state index is -0.167. The fraction of sp³-hybridized carbons (Fsp3) is 0.333. The topological polar surface area (TPSA) is 62.6 Å². The van der Waals surface area contributed by atoms with Crippen molar-refractivity contribution >= 4 is 23.2 Å². The molecule has 0 atom stereocenters. The van der Waals surface area contributed by atoms with E-state index in [-0.39, 0.29) is 30.2 Å². The molecule has 0 radical (unpaired) electrons. The second-order valence-electron chi connectivity index (χ2n) is 8.24. The molecule has 0 unspecified atom stereocenters. The number of hydrogen-bond acceptors (Lipinski definition) is 4. The molecule has 0 aliphatic heterocycles. The molecule has 2 amide bonds. The highest BCUT2D eigenvalue weighted by molar-refractivity contribution is 7.09. The molecule has 30 heavy (non-hydrogen) atoms. The Labute approximate surface area is 181 Å². The molecule has 0 aliphatic rings. The molecule has 2 heterocycles. The Balaban J connectivity index is 1.54. The van der Waals surface area contributed by atoms with Crippen LogP contribution >= 0.6 is 11.3 Å². The van der Waals surface area contributed by atoms with E-state index in [9.17, 15) is 9.59 Å². The highest BCUT2D eigenvalue weighted by atomic mass is 32.1. The standard InChI is InChI=1S/C24H28N2O3S/c1-24(2,3)19-10-8-18(9-11-19)23(28)25-13-12-22(27)26(16-20-6-4-14-29-20)17-21-7-5-15-30-21/h4-11,14-15H,12-13,16-17H2,1-3H3,(H,25,28). The van der Waals surface area contributed by atoms with Crippen LogP contribution in [0.1, 0.15) is 53.8 Å². The minimum Gasteiger partial charge on any atom is -0.467 e. The molecule has 3 rings (SSSR count). The first-order valence-corrected chi connectivity index (χ1v) is 10.9. The minimum absolute atomic E-state index is 0.0248. The van der Waals surface area contributed by atoms with E-state index < -0.39 is 0 Å². The number of furan rings is 1. The number of nitrogens with zero attached hydrogens (tertiary/aromatic N) is 1. The maximum Gasteiger partial charge on any atom is 0.251 e. The van der Waals surface area contributed by atoms with Gasteiger partial charge in [-0.2, -0.15) is 0 Å². The van der Waals surface area contributed by atoms with Gasteiger partial charge in [-0.05, 0) is 46.7 Å². The summed E-state index contributed by atoms with van der Waals surface area (Å²) in [5, 5.41) is 4.85. The molecule has 0 spiro atoms. The van der Waals surface area contributed by atoms with Gasteiger partial charge < -0.3 is 14.6 Å². The molecular formula is C24H28N2O3S. The number of benzene rings is 1. The molecular weight excluding hydrogens is 396 g/mol. The van der Waals surface area contributed by atoms with Crippen LogP contribution in [0, 0.1) is 0 Å². The maximum absolute atomic E-state index is 12.8. The van der Waals surface area contributed by atoms with Crippen molar-refractivity contribution in [3.63, 3.8) is 0 Å². The number of nitrogens with one attached hydrogen (secondary N) is 1. The third-order valence-electron chi connectivity index (χ3n) is 4.84. The average molecular weight is 425 g/mol. The van der Waals surface area contributed by atoms with Gasteiger partial charge in [-0.3, -0.25) is 9.59 Å². The summed E-state index contributed by atoms with van der Waals surface area (Å²) in [6, 6.07) is 15.3. The first-order chi connectivity index (χ1) is 14.3. The van der Waals surface area contributed by atoms with Crippen LogP contribution in [0.3, 0.4) is 0 Å². The Kier molecular flexibility index (Phi) is 7.11. The average Bonchev–Trinajstić information content (AvgIpc) is 3.41. The normalized spacial score (nSPS) is 11.3. The lowest BCUT2D eigenvalue weighted by atomic mass is 9.87. The number of carbonyl (C=O) groups excluding carboxylic acids is 2. The molecule has 0 bridgehead atoms. The second-order valence-corrected chi connectivity index (χ2v) is 9.27. The predicted molar refractivity (Wildman–Crippen MR) is 119 cm³/mol. The van der Waals surface area contributed by atoms with Crippen LogP contribution < -0.4 is 5.32 Å². The summed E-state index contributed by atoms with van der Waals surface area (Å²) in [6.07, 6.45) is 1.84. The summed E-state index contributed by atoms with van der Waals surface area (Å²) in [6.45, 7) is 7.64. The van der Waals surface area contributed by atoms with Crippen molar-refractivity contribution in [2.24, 2.45) is 0 Å². The van der Waals surface area contributed by atoms with E-state index in [2.05, 4.69) is 26.1 Å². The summed E-state index contributed by atoms with van der Waals surface area (Å²) in [5.74, 6) is 0.546. The van der Waals surface area contributed by atoms with Crippen LogP contribution in [0.5, 0.6) is 0 Å². The van der Waals surface area contributed by atoms with Gasteiger partial charge in [-0.15, -0.1) is 11.3 Å². The SMILES string of the molecule is CC(C)(C)c1ccc(C(=O)NCCC(=O)N(Cc2ccco2)Cc2cccs2)cc1. The molecule has 3 aromatic rings. The Morgan fingerprint density at radius 3 is 2.40 bits per heavy atom. The summed E-state index contributed by atoms with van der Waals surface area (Å²) >= 11 is 1.62. The van der Waals surface area contributed by atoms with E-state index in [4.69, 9.17) is 4.42 Å². The zero-order valence-electron chi connectivity index (χ0n) is 17.7. The lowest BCUT2D eigenvalue weighted by molar-refractivity contribution is -0.132. The van der Waals surface area contributed by atoms with E-state index in [1.807, 2.05) is 53.9 Å². The Morgan fingerprint density at radius 1 is 1.03 bits per heavy atom. The van der Waals surface area contributed by atoms with Gasteiger partial charge in [0.25, 0.3) is 5.91 Å². The second kappa shape index (κ2) is 9.76. The molecule has 0 saturated carbocycles. The zero-order chi connectivity index (χ0) is 21.6. The predicted octanol–water partition coefficient (Wildman–Crippen LogP) is 4.99. The quantitative estimate of drug-likeness (QED) is 0.554. The highest BCUT2D eigenvalue weighted by Crippen LogP contribution is 2.22. The molecule has 1 aromatic carbocycles. The van der Waals surface area contributed by atoms with Crippen LogP contribution in [0.15, 0.2) is 64.6 Å². The molecule has 5 nitrogen and oxygen atoms in total. The number of amides is 2. The van der Waals surface area contributed by atoms with Crippen LogP contribution in [0.25, 0.3) is 0 Å². The van der Waals surface area contributed by atoms with E-state index in [0.29, 0.717) is 18.7 Å². The fourth-order valence-electron chi connectivity index (χ4n) is 3.08. The number of carbonyl (C=O) groups is 2. The van der Waals surface area contributed by atoms with E-state index in [1.165, 1.54) is 5.56 Å². The summed E-state index contributed by atoms with van der Waals surface area (Å²) in [5.41, 5.74) is 1.82. The van der Waals surface area contributed by atoms with Crippen molar-refractivity contribution < 1.29 is 14.0 Å². The van der Waals surface area contributed by atoms with Crippen molar-refractivity contribution in [1.29, 1.82) is 0 Å². The highest BCUT2D eigenvalue weighted by Gasteiger charge is 2.17. The van der Waals surface area contributed by atoms with E-state index in [0.717, 1.165) is 10.6 Å². The third-order valence-corrected chi connectivity index (χ3v) is 5.70. The number of thiophene rings is 1. The van der Waals surface area contributed by atoms with Crippen LogP contribution in [-0.4, -0.2) is 23.3 Å². The van der Waals surface area contributed by atoms with Crippen molar-refractivity contribution in [2.75, 3.05) is 6.54 Å². The zero-order valence-corrected chi connectivity index (χ0v) is 18.5. The maximum atomic E-state index is 12.8. The molecule has 2 aromatic heterocycles. The smallest absolute Gasteiger partial charge is 0.251 e. The molecule has 6 heteroatoms. The summed E-state index contributed by atoms with van der Waals surface area (Å²) < 4.78 is 5.41. The summed E-state index contributed by atoms with van der Waals surface area (Å²) in [7, 11) is 0. The molecule has 0 fully saturated rings. The van der Waals surface area contributed by atoms with Crippen LogP contribution in [0.2, 0.25) is 0 Å². The third kappa shape index (κ3) is 6.07. The van der Waals surface area contributed by atoms with Crippen LogP contribution in [-0.2, 0) is 23.3 Å². The van der Waals surface area contributed by atoms with Gasteiger partial charge in [0.15, 0.2) is 0 Å². The van der Waals surface area contributed by atoms with Gasteiger partial charge >= 0.3 is 0 Å². The monoisotopic (exact) mass is 424 g/mol. The van der Waals surface area contributed by atoms with E-state index >= 15 is 0 Å². The van der Waals surface area contributed by atoms with Crippen molar-refractivity contribution in [1.82, 2.24) is 10.2 Å². The van der Waals surface area contributed by atoms with Gasteiger partial charge in [-0.25, -0.2) is 0 Å². The lowest BCUT2D eigenvalue weighted by Crippen LogP contribution is -2.33. The number of rotatable bonds is 8. The van der Waals surface area contributed by atoms with Crippen LogP contribution in [0.4, 0.5) is 0 Å². The van der Waals surface area contributed by atoms with Crippen molar-refractivity contribution in [3.8, 4) is 0 Å². The van der Waals surface area contributed by atoms with Gasteiger partial charge in [0.2, 0.25) is 5.91 Å². The molecule has 0 saturated heterocycles. The molecule has 0 aliphatic carbocycles. The Hall–Kier alpha value is -2.86. The van der Waals surface area contributed by atoms with Gasteiger partial charge in [0.05, 0.1) is 19.4 Å². The lowest BCUT2D eigenvalue weighted by Gasteiger charge is -2.21. The first-order valence-electron chi connectivity index (χ1n) is 10.0. The summed E-state index contributed by atoms with van der Waals surface area (Å²) in [4.78, 5) is 28.1. The molecule has 1 N–H and O–H groups in total. The van der Waals surface area contributed by atoms with E-state index in [1.54, 1.807) is 22.5 Å². The number of hydrogen-bond donors (Lipinski definition) is 1. The Bertz CT molecular complexity index is 903. The van der Waals surface area contributed by atoms with Gasteiger partial charge in [0, 0.05) is 23.4 Å². The van der Waals surface area contributed by atoms with Gasteiger partial charge in [-0.1, -0.05) is 39.0 Å². The Morgan fingerprint density at radius 2 is 1.80 bits per heavy atom. The first kappa shape index (κ1) is 21.8.